The van der Waals surface area contributed by atoms with Gasteiger partial charge in [0.15, 0.2) is 11.6 Å². The lowest BCUT2D eigenvalue weighted by Gasteiger charge is -2.12. The summed E-state index contributed by atoms with van der Waals surface area (Å²) in [5.74, 6) is 1.07. The number of rotatable bonds is 11. The van der Waals surface area contributed by atoms with Gasteiger partial charge in [-0.15, -0.1) is 10.2 Å². The van der Waals surface area contributed by atoms with E-state index < -0.39 is 4.92 Å². The standard InChI is InChI=1S/C18H25N5O4S/c1-5-6-7-8-9-27-17-15(23(24)25)10-14(11-16(17)26-3)12-19-22-13(2)20-21-18(22)28-4/h10-12H,5-9H2,1-4H3/b19-12-. The SMILES string of the molecule is CCCCCCOc1c(OC)cc(/C=N\n2c(C)nnc2SC)cc1[N+](=O)[O-]. The van der Waals surface area contributed by atoms with Crippen LogP contribution in [0.1, 0.15) is 44.0 Å². The number of nitrogens with zero attached hydrogens (tertiary/aromatic N) is 5. The lowest BCUT2D eigenvalue weighted by molar-refractivity contribution is -0.386. The molecule has 0 N–H and O–H groups in total. The molecule has 0 amide bonds. The molecule has 0 aliphatic carbocycles. The van der Waals surface area contributed by atoms with E-state index in [4.69, 9.17) is 9.47 Å². The van der Waals surface area contributed by atoms with Crippen molar-refractivity contribution in [3.05, 3.63) is 33.6 Å². The molecule has 0 saturated carbocycles. The van der Waals surface area contributed by atoms with Gasteiger partial charge in [0.2, 0.25) is 10.9 Å². The summed E-state index contributed by atoms with van der Waals surface area (Å²) in [7, 11) is 1.46. The van der Waals surface area contributed by atoms with Crippen LogP contribution in [-0.4, -0.2) is 46.0 Å². The van der Waals surface area contributed by atoms with Crippen molar-refractivity contribution in [3.8, 4) is 11.5 Å². The molecule has 0 spiro atoms. The third-order valence-electron chi connectivity index (χ3n) is 3.99. The Morgan fingerprint density at radius 1 is 1.32 bits per heavy atom. The van der Waals surface area contributed by atoms with Crippen LogP contribution in [0, 0.1) is 17.0 Å². The zero-order valence-electron chi connectivity index (χ0n) is 16.5. The minimum atomic E-state index is -0.474. The van der Waals surface area contributed by atoms with Crippen molar-refractivity contribution in [2.75, 3.05) is 20.0 Å². The summed E-state index contributed by atoms with van der Waals surface area (Å²) in [6, 6.07) is 3.09. The molecule has 0 aliphatic heterocycles. The maximum absolute atomic E-state index is 11.6. The fourth-order valence-electron chi connectivity index (χ4n) is 2.54. The molecule has 1 aromatic heterocycles. The molecule has 1 aromatic carbocycles. The van der Waals surface area contributed by atoms with Gasteiger partial charge in [0.1, 0.15) is 0 Å². The summed E-state index contributed by atoms with van der Waals surface area (Å²) in [4.78, 5) is 11.1. The Kier molecular flexibility index (Phi) is 8.24. The molecule has 28 heavy (non-hydrogen) atoms. The molecule has 0 bridgehead atoms. The number of aromatic nitrogens is 3. The van der Waals surface area contributed by atoms with E-state index in [1.54, 1.807) is 17.7 Å². The topological polar surface area (TPSA) is 105 Å². The average molecular weight is 407 g/mol. The third-order valence-corrected chi connectivity index (χ3v) is 4.61. The summed E-state index contributed by atoms with van der Waals surface area (Å²) < 4.78 is 12.6. The van der Waals surface area contributed by atoms with Gasteiger partial charge >= 0.3 is 5.69 Å². The Morgan fingerprint density at radius 3 is 2.75 bits per heavy atom. The van der Waals surface area contributed by atoms with Gasteiger partial charge in [-0.05, 0) is 25.7 Å². The number of methoxy groups -OCH3 is 1. The molecule has 0 radical (unpaired) electrons. The highest BCUT2D eigenvalue weighted by atomic mass is 32.2. The summed E-state index contributed by atoms with van der Waals surface area (Å²) in [6.07, 6.45) is 7.46. The Bertz CT molecular complexity index is 838. The van der Waals surface area contributed by atoms with Crippen molar-refractivity contribution < 1.29 is 14.4 Å². The fraction of sp³-hybridized carbons (Fsp3) is 0.500. The molecule has 9 nitrogen and oxygen atoms in total. The van der Waals surface area contributed by atoms with E-state index in [2.05, 4.69) is 22.2 Å². The molecule has 0 unspecified atom stereocenters. The van der Waals surface area contributed by atoms with Crippen LogP contribution in [0.4, 0.5) is 5.69 Å². The molecule has 0 aliphatic rings. The van der Waals surface area contributed by atoms with Gasteiger partial charge in [-0.1, -0.05) is 37.9 Å². The predicted molar refractivity (Wildman–Crippen MR) is 109 cm³/mol. The fourth-order valence-corrected chi connectivity index (χ4v) is 3.02. The summed E-state index contributed by atoms with van der Waals surface area (Å²) >= 11 is 1.41. The first kappa shape index (κ1) is 21.7. The quantitative estimate of drug-likeness (QED) is 0.182. The van der Waals surface area contributed by atoms with E-state index in [9.17, 15) is 10.1 Å². The number of hydrogen-bond donors (Lipinski definition) is 0. The largest absolute Gasteiger partial charge is 0.493 e. The highest BCUT2D eigenvalue weighted by Gasteiger charge is 2.22. The lowest BCUT2D eigenvalue weighted by atomic mass is 10.1. The van der Waals surface area contributed by atoms with Crippen LogP contribution in [-0.2, 0) is 0 Å². The molecule has 2 aromatic rings. The molecule has 0 atom stereocenters. The highest BCUT2D eigenvalue weighted by Crippen LogP contribution is 2.38. The van der Waals surface area contributed by atoms with Gasteiger partial charge in [-0.2, -0.15) is 9.78 Å². The van der Waals surface area contributed by atoms with Crippen molar-refractivity contribution >= 4 is 23.7 Å². The van der Waals surface area contributed by atoms with Gasteiger partial charge in [0.25, 0.3) is 0 Å². The minimum Gasteiger partial charge on any atom is -0.493 e. The first-order chi connectivity index (χ1) is 13.5. The maximum Gasteiger partial charge on any atom is 0.315 e. The molecule has 10 heteroatoms. The van der Waals surface area contributed by atoms with Crippen LogP contribution in [0.5, 0.6) is 11.5 Å². The maximum atomic E-state index is 11.6. The van der Waals surface area contributed by atoms with Crippen molar-refractivity contribution in [2.45, 2.75) is 44.7 Å². The second kappa shape index (κ2) is 10.6. The summed E-state index contributed by atoms with van der Waals surface area (Å²) in [5.41, 5.74) is 0.365. The van der Waals surface area contributed by atoms with Crippen molar-refractivity contribution in [1.82, 2.24) is 14.9 Å². The number of ether oxygens (including phenoxy) is 2. The van der Waals surface area contributed by atoms with E-state index >= 15 is 0 Å². The first-order valence-electron chi connectivity index (χ1n) is 9.01. The zero-order chi connectivity index (χ0) is 20.5. The number of nitro groups is 1. The Balaban J connectivity index is 2.29. The second-order valence-electron chi connectivity index (χ2n) is 6.03. The average Bonchev–Trinajstić information content (AvgIpc) is 3.05. The van der Waals surface area contributed by atoms with E-state index in [1.165, 1.54) is 31.2 Å². The lowest BCUT2D eigenvalue weighted by Crippen LogP contribution is -2.04. The van der Waals surface area contributed by atoms with E-state index in [0.29, 0.717) is 28.9 Å². The normalized spacial score (nSPS) is 11.1. The van der Waals surface area contributed by atoms with Crippen LogP contribution >= 0.6 is 11.8 Å². The Morgan fingerprint density at radius 2 is 2.11 bits per heavy atom. The molecule has 2 rings (SSSR count). The van der Waals surface area contributed by atoms with Crippen LogP contribution < -0.4 is 9.47 Å². The van der Waals surface area contributed by atoms with E-state index in [0.717, 1.165) is 25.7 Å². The van der Waals surface area contributed by atoms with Crippen molar-refractivity contribution in [1.29, 1.82) is 0 Å². The summed E-state index contributed by atoms with van der Waals surface area (Å²) in [6.45, 7) is 4.31. The smallest absolute Gasteiger partial charge is 0.315 e. The van der Waals surface area contributed by atoms with Gasteiger partial charge in [0, 0.05) is 11.6 Å². The number of hydrogen-bond acceptors (Lipinski definition) is 8. The molecule has 0 fully saturated rings. The number of nitro benzene ring substituents is 1. The number of thioether (sulfide) groups is 1. The first-order valence-corrected chi connectivity index (χ1v) is 10.2. The minimum absolute atomic E-state index is 0.145. The van der Waals surface area contributed by atoms with Crippen molar-refractivity contribution in [2.24, 2.45) is 5.10 Å². The molecular weight excluding hydrogens is 382 g/mol. The Labute approximate surface area is 168 Å². The van der Waals surface area contributed by atoms with Gasteiger partial charge < -0.3 is 9.47 Å². The van der Waals surface area contributed by atoms with Gasteiger partial charge in [-0.3, -0.25) is 10.1 Å². The van der Waals surface area contributed by atoms with Crippen molar-refractivity contribution in [3.63, 3.8) is 0 Å². The molecular formula is C18H25N5O4S. The molecule has 152 valence electrons. The molecule has 1 heterocycles. The van der Waals surface area contributed by atoms with Crippen LogP contribution in [0.25, 0.3) is 0 Å². The number of unbranched alkanes of at least 4 members (excludes halogenated alkanes) is 3. The van der Waals surface area contributed by atoms with Gasteiger partial charge in [-0.25, -0.2) is 0 Å². The van der Waals surface area contributed by atoms with Crippen LogP contribution in [0.3, 0.4) is 0 Å². The van der Waals surface area contributed by atoms with Crippen LogP contribution in [0.2, 0.25) is 0 Å². The van der Waals surface area contributed by atoms with E-state index in [1.807, 2.05) is 6.26 Å². The van der Waals surface area contributed by atoms with E-state index in [-0.39, 0.29) is 11.4 Å². The monoisotopic (exact) mass is 407 g/mol. The summed E-state index contributed by atoms with van der Waals surface area (Å²) in [5, 5.41) is 24.5. The zero-order valence-corrected chi connectivity index (χ0v) is 17.4. The molecule has 0 saturated heterocycles. The predicted octanol–water partition coefficient (Wildman–Crippen LogP) is 4.07. The highest BCUT2D eigenvalue weighted by molar-refractivity contribution is 7.98. The van der Waals surface area contributed by atoms with Gasteiger partial charge in [0.05, 0.1) is 24.9 Å². The second-order valence-corrected chi connectivity index (χ2v) is 6.80. The Hall–Kier alpha value is -2.62. The third kappa shape index (κ3) is 5.44. The number of aryl methyl sites for hydroxylation is 1. The van der Waals surface area contributed by atoms with Crippen LogP contribution in [0.15, 0.2) is 22.4 Å². The number of benzene rings is 1.